The molecule has 2 aromatic rings. The molecule has 1 spiro atoms. The highest BCUT2D eigenvalue weighted by molar-refractivity contribution is 5.94. The molecule has 0 bridgehead atoms. The Balaban J connectivity index is 1.67. The summed E-state index contributed by atoms with van der Waals surface area (Å²) in [6.45, 7) is 2.57. The molecule has 25 heavy (non-hydrogen) atoms. The number of methoxy groups -OCH3 is 2. The Hall–Kier alpha value is -2.50. The number of rotatable bonds is 3. The molecule has 2 saturated heterocycles. The first-order valence-electron chi connectivity index (χ1n) is 8.71. The Bertz CT molecular complexity index is 813. The number of carbonyl (C=O) groups is 1. The second-order valence-electron chi connectivity index (χ2n) is 6.83. The van der Waals surface area contributed by atoms with Gasteiger partial charge in [0, 0.05) is 43.0 Å². The van der Waals surface area contributed by atoms with E-state index in [0.29, 0.717) is 11.5 Å². The van der Waals surface area contributed by atoms with E-state index in [0.717, 1.165) is 55.5 Å². The molecular weight excluding hydrogens is 318 g/mol. The lowest BCUT2D eigenvalue weighted by Gasteiger charge is -2.38. The molecule has 1 aromatic carbocycles. The summed E-state index contributed by atoms with van der Waals surface area (Å²) < 4.78 is 10.8. The molecule has 1 N–H and O–H groups in total. The molecule has 4 rings (SSSR count). The van der Waals surface area contributed by atoms with Gasteiger partial charge in [0.2, 0.25) is 5.91 Å². The first-order chi connectivity index (χ1) is 12.2. The molecule has 0 aliphatic carbocycles. The molecule has 0 saturated carbocycles. The first-order valence-corrected chi connectivity index (χ1v) is 8.71. The van der Waals surface area contributed by atoms with Gasteiger partial charge in [0.1, 0.15) is 0 Å². The molecule has 6 heteroatoms. The quantitative estimate of drug-likeness (QED) is 0.928. The van der Waals surface area contributed by atoms with Crippen LogP contribution in [0, 0.1) is 5.41 Å². The van der Waals surface area contributed by atoms with Crippen LogP contribution in [0.15, 0.2) is 24.4 Å². The number of hydrogen-bond acceptors (Lipinski definition) is 5. The Kier molecular flexibility index (Phi) is 3.90. The highest BCUT2D eigenvalue weighted by Gasteiger charge is 2.44. The number of carbonyl (C=O) groups excluding carboxylic acids is 1. The number of hydrogen-bond donors (Lipinski definition) is 1. The van der Waals surface area contributed by atoms with Gasteiger partial charge >= 0.3 is 0 Å². The zero-order valence-corrected chi connectivity index (χ0v) is 14.7. The minimum atomic E-state index is -0.153. The van der Waals surface area contributed by atoms with Crippen molar-refractivity contribution in [2.45, 2.75) is 19.3 Å². The van der Waals surface area contributed by atoms with Gasteiger partial charge in [-0.1, -0.05) is 0 Å². The van der Waals surface area contributed by atoms with Crippen molar-refractivity contribution in [3.63, 3.8) is 0 Å². The summed E-state index contributed by atoms with van der Waals surface area (Å²) in [6.07, 6.45) is 4.59. The molecule has 0 unspecified atom stereocenters. The molecule has 2 aliphatic rings. The van der Waals surface area contributed by atoms with Crippen molar-refractivity contribution in [2.75, 3.05) is 38.8 Å². The third-order valence-electron chi connectivity index (χ3n) is 5.66. The summed E-state index contributed by atoms with van der Waals surface area (Å²) in [5.74, 6) is 1.62. The number of pyridine rings is 1. The van der Waals surface area contributed by atoms with Crippen molar-refractivity contribution in [1.29, 1.82) is 0 Å². The average molecular weight is 341 g/mol. The molecule has 6 nitrogen and oxygen atoms in total. The van der Waals surface area contributed by atoms with Crippen molar-refractivity contribution in [1.82, 2.24) is 10.3 Å². The smallest absolute Gasteiger partial charge is 0.226 e. The third-order valence-corrected chi connectivity index (χ3v) is 5.66. The number of piperidine rings is 1. The fourth-order valence-corrected chi connectivity index (χ4v) is 4.10. The van der Waals surface area contributed by atoms with E-state index >= 15 is 0 Å². The van der Waals surface area contributed by atoms with Gasteiger partial charge in [-0.25, -0.2) is 0 Å². The summed E-state index contributed by atoms with van der Waals surface area (Å²) in [6, 6.07) is 5.94. The number of anilines is 1. The molecule has 1 amide bonds. The summed E-state index contributed by atoms with van der Waals surface area (Å²) in [5, 5.41) is 4.04. The molecular formula is C19H23N3O3. The molecule has 2 fully saturated rings. The number of aromatic nitrogens is 1. The van der Waals surface area contributed by atoms with Crippen molar-refractivity contribution in [2.24, 2.45) is 5.41 Å². The standard InChI is InChI=1S/C19H23N3O3/c1-24-16-11-13-14(12-17(16)25-2)20-7-3-15(13)22-9-5-19(6-10-22)4-8-21-18(19)23/h3,7,11-12H,4-6,8-10H2,1-2H3,(H,21,23). The zero-order chi connectivity index (χ0) is 17.4. The fourth-order valence-electron chi connectivity index (χ4n) is 4.10. The number of ether oxygens (including phenoxy) is 2. The second kappa shape index (κ2) is 6.10. The lowest BCUT2D eigenvalue weighted by molar-refractivity contribution is -0.128. The van der Waals surface area contributed by atoms with E-state index in [4.69, 9.17) is 9.47 Å². The highest BCUT2D eigenvalue weighted by Crippen LogP contribution is 2.41. The van der Waals surface area contributed by atoms with Crippen LogP contribution in [-0.2, 0) is 4.79 Å². The maximum Gasteiger partial charge on any atom is 0.226 e. The van der Waals surface area contributed by atoms with E-state index in [1.807, 2.05) is 24.4 Å². The van der Waals surface area contributed by atoms with Crippen LogP contribution < -0.4 is 19.7 Å². The number of benzene rings is 1. The Labute approximate surface area is 147 Å². The van der Waals surface area contributed by atoms with Gasteiger partial charge in [-0.15, -0.1) is 0 Å². The van der Waals surface area contributed by atoms with E-state index in [2.05, 4.69) is 15.2 Å². The normalized spacial score (nSPS) is 19.3. The van der Waals surface area contributed by atoms with Gasteiger partial charge in [-0.3, -0.25) is 9.78 Å². The first kappa shape index (κ1) is 16.0. The fraction of sp³-hybridized carbons (Fsp3) is 0.474. The Morgan fingerprint density at radius 3 is 2.48 bits per heavy atom. The Morgan fingerprint density at radius 2 is 1.84 bits per heavy atom. The van der Waals surface area contributed by atoms with E-state index in [1.165, 1.54) is 0 Å². The third kappa shape index (κ3) is 2.56. The van der Waals surface area contributed by atoms with Gasteiger partial charge in [0.05, 0.1) is 25.2 Å². The van der Waals surface area contributed by atoms with Crippen molar-refractivity contribution in [3.8, 4) is 11.5 Å². The topological polar surface area (TPSA) is 63.7 Å². The number of fused-ring (bicyclic) bond motifs is 1. The average Bonchev–Trinajstić information content (AvgIpc) is 3.00. The lowest BCUT2D eigenvalue weighted by atomic mass is 9.77. The van der Waals surface area contributed by atoms with Crippen LogP contribution in [-0.4, -0.2) is 44.7 Å². The monoisotopic (exact) mass is 341 g/mol. The molecule has 2 aliphatic heterocycles. The van der Waals surface area contributed by atoms with Crippen molar-refractivity contribution >= 4 is 22.5 Å². The molecule has 1 aromatic heterocycles. The predicted octanol–water partition coefficient (Wildman–Crippen LogP) is 2.36. The van der Waals surface area contributed by atoms with Crippen LogP contribution in [0.5, 0.6) is 11.5 Å². The van der Waals surface area contributed by atoms with E-state index < -0.39 is 0 Å². The van der Waals surface area contributed by atoms with Gasteiger partial charge < -0.3 is 19.7 Å². The van der Waals surface area contributed by atoms with Crippen LogP contribution in [0.4, 0.5) is 5.69 Å². The summed E-state index contributed by atoms with van der Waals surface area (Å²) in [7, 11) is 3.27. The van der Waals surface area contributed by atoms with Crippen molar-refractivity contribution < 1.29 is 14.3 Å². The number of nitrogens with one attached hydrogen (secondary N) is 1. The summed E-state index contributed by atoms with van der Waals surface area (Å²) in [5.41, 5.74) is 1.87. The van der Waals surface area contributed by atoms with E-state index in [1.54, 1.807) is 14.2 Å². The molecule has 0 radical (unpaired) electrons. The zero-order valence-electron chi connectivity index (χ0n) is 14.7. The van der Waals surface area contributed by atoms with Crippen LogP contribution >= 0.6 is 0 Å². The largest absolute Gasteiger partial charge is 0.493 e. The Morgan fingerprint density at radius 1 is 1.12 bits per heavy atom. The minimum Gasteiger partial charge on any atom is -0.493 e. The van der Waals surface area contributed by atoms with Crippen LogP contribution in [0.1, 0.15) is 19.3 Å². The van der Waals surface area contributed by atoms with E-state index in [9.17, 15) is 4.79 Å². The summed E-state index contributed by atoms with van der Waals surface area (Å²) in [4.78, 5) is 19.0. The van der Waals surface area contributed by atoms with Gasteiger partial charge in [-0.05, 0) is 31.4 Å². The van der Waals surface area contributed by atoms with Gasteiger partial charge in [0.15, 0.2) is 11.5 Å². The highest BCUT2D eigenvalue weighted by atomic mass is 16.5. The molecule has 3 heterocycles. The van der Waals surface area contributed by atoms with Crippen LogP contribution in [0.2, 0.25) is 0 Å². The lowest BCUT2D eigenvalue weighted by Crippen LogP contribution is -2.44. The van der Waals surface area contributed by atoms with Gasteiger partial charge in [-0.2, -0.15) is 0 Å². The van der Waals surface area contributed by atoms with Crippen molar-refractivity contribution in [3.05, 3.63) is 24.4 Å². The van der Waals surface area contributed by atoms with Crippen LogP contribution in [0.25, 0.3) is 10.9 Å². The minimum absolute atomic E-state index is 0.153. The maximum atomic E-state index is 12.2. The van der Waals surface area contributed by atoms with E-state index in [-0.39, 0.29) is 11.3 Å². The SMILES string of the molecule is COc1cc2nccc(N3CCC4(CCNC4=O)CC3)c2cc1OC. The predicted molar refractivity (Wildman–Crippen MR) is 96.4 cm³/mol. The number of nitrogens with zero attached hydrogens (tertiary/aromatic N) is 2. The molecule has 132 valence electrons. The number of amides is 1. The van der Waals surface area contributed by atoms with Gasteiger partial charge in [0.25, 0.3) is 0 Å². The van der Waals surface area contributed by atoms with Crippen LogP contribution in [0.3, 0.4) is 0 Å². The maximum absolute atomic E-state index is 12.2. The molecule has 0 atom stereocenters. The second-order valence-corrected chi connectivity index (χ2v) is 6.83. The summed E-state index contributed by atoms with van der Waals surface area (Å²) >= 11 is 0.